The van der Waals surface area contributed by atoms with Crippen molar-refractivity contribution in [3.05, 3.63) is 44.9 Å². The lowest BCUT2D eigenvalue weighted by atomic mass is 9.98. The van der Waals surface area contributed by atoms with Gasteiger partial charge in [0.1, 0.15) is 0 Å². The van der Waals surface area contributed by atoms with Crippen molar-refractivity contribution >= 4 is 21.4 Å². The molecule has 0 unspecified atom stereocenters. The first-order valence-corrected chi connectivity index (χ1v) is 12.6. The summed E-state index contributed by atoms with van der Waals surface area (Å²) in [5, 5.41) is 3.29. The van der Waals surface area contributed by atoms with Crippen LogP contribution < -0.4 is 0 Å². The predicted molar refractivity (Wildman–Crippen MR) is 120 cm³/mol. The Balaban J connectivity index is 1.72. The molecule has 0 amide bonds. The monoisotopic (exact) mass is 435 g/mol. The minimum absolute atomic E-state index is 0.0658. The van der Waals surface area contributed by atoms with Crippen molar-refractivity contribution < 1.29 is 8.42 Å². The largest absolute Gasteiger partial charge is 0.296 e. The Morgan fingerprint density at radius 2 is 1.69 bits per heavy atom. The van der Waals surface area contributed by atoms with Crippen LogP contribution in [0, 0.1) is 20.8 Å². The number of aromatic nitrogens is 1. The van der Waals surface area contributed by atoms with Crippen LogP contribution in [-0.4, -0.2) is 48.8 Å². The molecule has 1 aromatic heterocycles. The van der Waals surface area contributed by atoms with Gasteiger partial charge in [0.2, 0.25) is 10.0 Å². The summed E-state index contributed by atoms with van der Waals surface area (Å²) in [4.78, 5) is 7.60. The first-order valence-electron chi connectivity index (χ1n) is 10.2. The number of hydrogen-bond acceptors (Lipinski definition) is 5. The second kappa shape index (κ2) is 8.46. The van der Waals surface area contributed by atoms with Crippen LogP contribution in [0.4, 0.5) is 0 Å². The van der Waals surface area contributed by atoms with E-state index in [0.29, 0.717) is 18.0 Å². The summed E-state index contributed by atoms with van der Waals surface area (Å²) in [6.45, 7) is 15.8. The molecule has 1 aliphatic rings. The molecule has 0 bridgehead atoms. The highest BCUT2D eigenvalue weighted by Crippen LogP contribution is 2.28. The molecule has 3 rings (SSSR count). The zero-order chi connectivity index (χ0) is 21.4. The summed E-state index contributed by atoms with van der Waals surface area (Å²) in [7, 11) is -3.48. The van der Waals surface area contributed by atoms with Gasteiger partial charge in [-0.25, -0.2) is 13.4 Å². The quantitative estimate of drug-likeness (QED) is 0.720. The molecule has 0 radical (unpaired) electrons. The van der Waals surface area contributed by atoms with Gasteiger partial charge >= 0.3 is 0 Å². The van der Waals surface area contributed by atoms with Crippen molar-refractivity contribution in [1.29, 1.82) is 0 Å². The number of sulfonamides is 1. The van der Waals surface area contributed by atoms with E-state index in [1.165, 1.54) is 0 Å². The van der Waals surface area contributed by atoms with Crippen molar-refractivity contribution in [2.45, 2.75) is 64.8 Å². The molecule has 5 nitrogen and oxygen atoms in total. The molecular formula is C22H33N3O2S2. The Kier molecular flexibility index (Phi) is 6.53. The topological polar surface area (TPSA) is 53.5 Å². The van der Waals surface area contributed by atoms with Gasteiger partial charge < -0.3 is 0 Å². The highest BCUT2D eigenvalue weighted by Gasteiger charge is 2.30. The SMILES string of the molecule is Cc1cc(C)c(S(=O)(=O)N2CCCN(Cc3csc(C(C)(C)C)n3)CC2)c(C)c1. The van der Waals surface area contributed by atoms with E-state index in [9.17, 15) is 8.42 Å². The Morgan fingerprint density at radius 3 is 2.28 bits per heavy atom. The molecule has 1 fully saturated rings. The van der Waals surface area contributed by atoms with Crippen LogP contribution >= 0.6 is 11.3 Å². The molecule has 7 heteroatoms. The lowest BCUT2D eigenvalue weighted by molar-refractivity contribution is 0.275. The number of hydrogen-bond donors (Lipinski definition) is 0. The Bertz CT molecular complexity index is 951. The summed E-state index contributed by atoms with van der Waals surface area (Å²) in [6.07, 6.45) is 0.833. The Morgan fingerprint density at radius 1 is 1.03 bits per heavy atom. The van der Waals surface area contributed by atoms with Crippen LogP contribution in [0.3, 0.4) is 0 Å². The van der Waals surface area contributed by atoms with E-state index in [0.717, 1.165) is 53.4 Å². The van der Waals surface area contributed by atoms with E-state index in [4.69, 9.17) is 4.98 Å². The van der Waals surface area contributed by atoms with Crippen molar-refractivity contribution in [3.8, 4) is 0 Å². The summed E-state index contributed by atoms with van der Waals surface area (Å²) in [6, 6.07) is 3.91. The molecule has 1 aliphatic heterocycles. The molecule has 0 aliphatic carbocycles. The highest BCUT2D eigenvalue weighted by atomic mass is 32.2. The van der Waals surface area contributed by atoms with Gasteiger partial charge in [0.25, 0.3) is 0 Å². The minimum Gasteiger partial charge on any atom is -0.296 e. The van der Waals surface area contributed by atoms with Gasteiger partial charge in [-0.05, 0) is 44.9 Å². The zero-order valence-corrected chi connectivity index (χ0v) is 20.1. The maximum atomic E-state index is 13.4. The molecule has 29 heavy (non-hydrogen) atoms. The average molecular weight is 436 g/mol. The van der Waals surface area contributed by atoms with Crippen molar-refractivity contribution in [2.24, 2.45) is 0 Å². The molecule has 0 atom stereocenters. The standard InChI is InChI=1S/C22H33N3O2S2/c1-16-12-17(2)20(18(3)13-16)29(26,27)25-9-7-8-24(10-11-25)14-19-15-28-21(23-19)22(4,5)6/h12-13,15H,7-11,14H2,1-6H3. The van der Waals surface area contributed by atoms with E-state index in [1.807, 2.05) is 32.9 Å². The summed E-state index contributed by atoms with van der Waals surface area (Å²) >= 11 is 1.71. The second-order valence-electron chi connectivity index (χ2n) is 9.16. The second-order valence-corrected chi connectivity index (χ2v) is 11.9. The van der Waals surface area contributed by atoms with Crippen molar-refractivity contribution in [1.82, 2.24) is 14.2 Å². The molecule has 1 aromatic carbocycles. The Hall–Kier alpha value is -1.28. The lowest BCUT2D eigenvalue weighted by Gasteiger charge is -2.23. The maximum Gasteiger partial charge on any atom is 0.243 e. The maximum absolute atomic E-state index is 13.4. The van der Waals surface area contributed by atoms with Crippen LogP contribution in [0.5, 0.6) is 0 Å². The van der Waals surface area contributed by atoms with E-state index in [2.05, 4.69) is 31.1 Å². The molecule has 2 aromatic rings. The van der Waals surface area contributed by atoms with Crippen LogP contribution in [0.15, 0.2) is 22.4 Å². The van der Waals surface area contributed by atoms with E-state index >= 15 is 0 Å². The van der Waals surface area contributed by atoms with Crippen LogP contribution in [0.25, 0.3) is 0 Å². The smallest absolute Gasteiger partial charge is 0.243 e. The lowest BCUT2D eigenvalue weighted by Crippen LogP contribution is -2.35. The number of benzene rings is 1. The third-order valence-corrected chi connectivity index (χ3v) is 8.85. The third-order valence-electron chi connectivity index (χ3n) is 5.33. The number of nitrogens with zero attached hydrogens (tertiary/aromatic N) is 3. The van der Waals surface area contributed by atoms with Gasteiger partial charge in [-0.3, -0.25) is 4.90 Å². The molecule has 2 heterocycles. The third kappa shape index (κ3) is 5.08. The van der Waals surface area contributed by atoms with E-state index < -0.39 is 10.0 Å². The van der Waals surface area contributed by atoms with E-state index in [1.54, 1.807) is 15.6 Å². The summed E-state index contributed by atoms with van der Waals surface area (Å²) in [5.74, 6) is 0. The van der Waals surface area contributed by atoms with Gasteiger partial charge in [-0.15, -0.1) is 11.3 Å². The van der Waals surface area contributed by atoms with Crippen molar-refractivity contribution in [2.75, 3.05) is 26.2 Å². The zero-order valence-electron chi connectivity index (χ0n) is 18.4. The molecular weight excluding hydrogens is 402 g/mol. The highest BCUT2D eigenvalue weighted by molar-refractivity contribution is 7.89. The average Bonchev–Trinajstić information content (AvgIpc) is 2.92. The van der Waals surface area contributed by atoms with Crippen LogP contribution in [0.1, 0.15) is 54.6 Å². The first kappa shape index (κ1) is 22.4. The molecule has 0 spiro atoms. The molecule has 0 N–H and O–H groups in total. The summed E-state index contributed by atoms with van der Waals surface area (Å²) < 4.78 is 28.4. The number of rotatable bonds is 4. The number of thiazole rings is 1. The predicted octanol–water partition coefficient (Wildman–Crippen LogP) is 4.26. The molecule has 1 saturated heterocycles. The number of aryl methyl sites for hydroxylation is 3. The van der Waals surface area contributed by atoms with Gasteiger partial charge in [0.05, 0.1) is 15.6 Å². The fourth-order valence-corrected chi connectivity index (χ4v) is 6.78. The van der Waals surface area contributed by atoms with Gasteiger partial charge in [0.15, 0.2) is 0 Å². The Labute approximate surface area is 179 Å². The summed E-state index contributed by atoms with van der Waals surface area (Å²) in [5.41, 5.74) is 3.91. The fourth-order valence-electron chi connectivity index (χ4n) is 4.00. The first-order chi connectivity index (χ1) is 13.5. The molecule has 160 valence electrons. The normalized spacial score (nSPS) is 17.4. The van der Waals surface area contributed by atoms with Crippen LogP contribution in [0.2, 0.25) is 0 Å². The van der Waals surface area contributed by atoms with Crippen molar-refractivity contribution in [3.63, 3.8) is 0 Å². The van der Waals surface area contributed by atoms with E-state index in [-0.39, 0.29) is 5.41 Å². The minimum atomic E-state index is -3.48. The van der Waals surface area contributed by atoms with Gasteiger partial charge in [-0.2, -0.15) is 4.31 Å². The van der Waals surface area contributed by atoms with Crippen LogP contribution in [-0.2, 0) is 22.0 Å². The van der Waals surface area contributed by atoms with Gasteiger partial charge in [-0.1, -0.05) is 38.5 Å². The van der Waals surface area contributed by atoms with Gasteiger partial charge in [0, 0.05) is 37.0 Å². The molecule has 0 saturated carbocycles. The fraction of sp³-hybridized carbons (Fsp3) is 0.591.